The monoisotopic (exact) mass is 413 g/mol. The number of benzene rings is 2. The molecular weight excluding hydrogens is 384 g/mol. The van der Waals surface area contributed by atoms with Crippen LogP contribution >= 0.6 is 0 Å². The number of rotatable bonds is 6. The lowest BCUT2D eigenvalue weighted by molar-refractivity contribution is 0.109. The number of nitrogens with zero attached hydrogens (tertiary/aromatic N) is 2. The predicted molar refractivity (Wildman–Crippen MR) is 116 cm³/mol. The second-order valence-corrected chi connectivity index (χ2v) is 7.91. The van der Waals surface area contributed by atoms with Crippen LogP contribution in [-0.4, -0.2) is 43.0 Å². The molecule has 1 heterocycles. The molecule has 2 aromatic carbocycles. The van der Waals surface area contributed by atoms with Crippen molar-refractivity contribution in [2.45, 2.75) is 31.2 Å². The first-order valence-electron chi connectivity index (χ1n) is 10.3. The number of amides is 2. The van der Waals surface area contributed by atoms with Gasteiger partial charge in [-0.05, 0) is 61.6 Å². The predicted octanol–water partition coefficient (Wildman–Crippen LogP) is 4.76. The molecule has 1 aliphatic rings. The van der Waals surface area contributed by atoms with E-state index in [1.165, 1.54) is 6.07 Å². The van der Waals surface area contributed by atoms with Crippen molar-refractivity contribution in [3.05, 3.63) is 77.4 Å². The van der Waals surface area contributed by atoms with Crippen LogP contribution in [0.25, 0.3) is 5.57 Å². The van der Waals surface area contributed by atoms with E-state index in [0.29, 0.717) is 31.5 Å². The van der Waals surface area contributed by atoms with Gasteiger partial charge in [0.15, 0.2) is 0 Å². The molecule has 1 atom stereocenters. The van der Waals surface area contributed by atoms with Crippen molar-refractivity contribution in [2.75, 3.05) is 27.2 Å². The number of carbonyl (C=O) groups is 1. The Hall–Kier alpha value is -2.73. The van der Waals surface area contributed by atoms with E-state index in [-0.39, 0.29) is 11.6 Å². The molecule has 0 bridgehead atoms. The molecular formula is C24H29F2N3O. The Morgan fingerprint density at radius 2 is 1.87 bits per heavy atom. The summed E-state index contributed by atoms with van der Waals surface area (Å²) in [7, 11) is 3.45. The van der Waals surface area contributed by atoms with Crippen LogP contribution in [0.3, 0.4) is 0 Å². The van der Waals surface area contributed by atoms with Gasteiger partial charge in [-0.1, -0.05) is 36.4 Å². The summed E-state index contributed by atoms with van der Waals surface area (Å²) in [6.07, 6.45) is 4.68. The highest BCUT2D eigenvalue weighted by atomic mass is 19.1. The Kier molecular flexibility index (Phi) is 6.87. The van der Waals surface area contributed by atoms with Crippen molar-refractivity contribution in [2.24, 2.45) is 5.73 Å². The van der Waals surface area contributed by atoms with Crippen LogP contribution in [-0.2, 0) is 5.54 Å². The summed E-state index contributed by atoms with van der Waals surface area (Å²) in [6.45, 7) is 0.970. The summed E-state index contributed by atoms with van der Waals surface area (Å²) in [5.41, 5.74) is 6.89. The highest BCUT2D eigenvalue weighted by Gasteiger charge is 2.42. The number of unbranched alkanes of at least 4 members (excludes halogenated alkanes) is 1. The molecule has 6 heteroatoms. The molecule has 160 valence electrons. The van der Waals surface area contributed by atoms with Crippen LogP contribution in [0.5, 0.6) is 0 Å². The molecule has 1 aliphatic heterocycles. The standard InChI is InChI=1S/C24H29F2N3O/c1-28(2)23(30)29-15-12-18(21-16-20(25)10-11-22(21)26)17-24(29,13-6-7-14-27)19-8-4-3-5-9-19/h3-5,8-11,16-17H,6-7,12-15,27H2,1-2H3. The largest absolute Gasteiger partial charge is 0.331 e. The van der Waals surface area contributed by atoms with Crippen molar-refractivity contribution in [1.29, 1.82) is 0 Å². The van der Waals surface area contributed by atoms with Gasteiger partial charge in [-0.15, -0.1) is 0 Å². The van der Waals surface area contributed by atoms with E-state index in [1.807, 2.05) is 41.3 Å². The van der Waals surface area contributed by atoms with E-state index in [2.05, 4.69) is 0 Å². The van der Waals surface area contributed by atoms with Gasteiger partial charge in [0.05, 0.1) is 5.54 Å². The Morgan fingerprint density at radius 1 is 1.13 bits per heavy atom. The van der Waals surface area contributed by atoms with Crippen molar-refractivity contribution in [3.63, 3.8) is 0 Å². The molecule has 2 amide bonds. The SMILES string of the molecule is CN(C)C(=O)N1CCC(c2cc(F)ccc2F)=CC1(CCCCN)c1ccccc1. The molecule has 1 unspecified atom stereocenters. The first-order valence-corrected chi connectivity index (χ1v) is 10.3. The van der Waals surface area contributed by atoms with Crippen LogP contribution < -0.4 is 5.73 Å². The summed E-state index contributed by atoms with van der Waals surface area (Å²) in [5.74, 6) is -0.938. The fourth-order valence-electron chi connectivity index (χ4n) is 4.19. The van der Waals surface area contributed by atoms with Crippen molar-refractivity contribution < 1.29 is 13.6 Å². The summed E-state index contributed by atoms with van der Waals surface area (Å²) in [5, 5.41) is 0. The summed E-state index contributed by atoms with van der Waals surface area (Å²) in [6, 6.07) is 13.2. The second kappa shape index (κ2) is 9.39. The van der Waals surface area contributed by atoms with E-state index >= 15 is 0 Å². The minimum atomic E-state index is -0.760. The fraction of sp³-hybridized carbons (Fsp3) is 0.375. The minimum absolute atomic E-state index is 0.110. The average molecular weight is 414 g/mol. The third kappa shape index (κ3) is 4.38. The van der Waals surface area contributed by atoms with Gasteiger partial charge in [0, 0.05) is 26.2 Å². The molecule has 0 saturated heterocycles. The minimum Gasteiger partial charge on any atom is -0.331 e. The first-order chi connectivity index (χ1) is 14.4. The smallest absolute Gasteiger partial charge is 0.320 e. The third-order valence-electron chi connectivity index (χ3n) is 5.67. The molecule has 0 aliphatic carbocycles. The van der Waals surface area contributed by atoms with Crippen LogP contribution in [0.2, 0.25) is 0 Å². The highest BCUT2D eigenvalue weighted by molar-refractivity contribution is 5.79. The van der Waals surface area contributed by atoms with E-state index in [9.17, 15) is 13.6 Å². The van der Waals surface area contributed by atoms with Gasteiger partial charge in [0.25, 0.3) is 0 Å². The Balaban J connectivity index is 2.19. The molecule has 30 heavy (non-hydrogen) atoms. The number of nitrogens with two attached hydrogens (primary N) is 1. The number of halogens is 2. The summed E-state index contributed by atoms with van der Waals surface area (Å²) in [4.78, 5) is 16.6. The third-order valence-corrected chi connectivity index (χ3v) is 5.67. The lowest BCUT2D eigenvalue weighted by Crippen LogP contribution is -2.54. The fourth-order valence-corrected chi connectivity index (χ4v) is 4.19. The van der Waals surface area contributed by atoms with Gasteiger partial charge in [0.1, 0.15) is 11.6 Å². The maximum absolute atomic E-state index is 14.6. The Morgan fingerprint density at radius 3 is 2.53 bits per heavy atom. The lowest BCUT2D eigenvalue weighted by atomic mass is 9.77. The van der Waals surface area contributed by atoms with E-state index < -0.39 is 17.2 Å². The zero-order valence-electron chi connectivity index (χ0n) is 17.6. The van der Waals surface area contributed by atoms with Gasteiger partial charge in [-0.3, -0.25) is 0 Å². The summed E-state index contributed by atoms with van der Waals surface area (Å²) >= 11 is 0. The maximum atomic E-state index is 14.6. The molecule has 4 nitrogen and oxygen atoms in total. The molecule has 0 aromatic heterocycles. The van der Waals surface area contributed by atoms with E-state index in [1.54, 1.807) is 19.0 Å². The molecule has 0 radical (unpaired) electrons. The van der Waals surface area contributed by atoms with Crippen LogP contribution in [0.15, 0.2) is 54.6 Å². The zero-order valence-corrected chi connectivity index (χ0v) is 17.6. The van der Waals surface area contributed by atoms with Crippen LogP contribution in [0, 0.1) is 11.6 Å². The molecule has 3 rings (SSSR count). The molecule has 0 fully saturated rings. The number of urea groups is 1. The molecule has 0 saturated carbocycles. The normalized spacial score (nSPS) is 18.8. The summed E-state index contributed by atoms with van der Waals surface area (Å²) < 4.78 is 28.5. The van der Waals surface area contributed by atoms with Crippen molar-refractivity contribution in [3.8, 4) is 0 Å². The van der Waals surface area contributed by atoms with Crippen LogP contribution in [0.1, 0.15) is 36.8 Å². The number of hydrogen-bond acceptors (Lipinski definition) is 2. The molecule has 0 spiro atoms. The Labute approximate surface area is 177 Å². The van der Waals surface area contributed by atoms with Crippen molar-refractivity contribution >= 4 is 11.6 Å². The zero-order chi connectivity index (χ0) is 21.7. The average Bonchev–Trinajstić information content (AvgIpc) is 2.75. The lowest BCUT2D eigenvalue weighted by Gasteiger charge is -2.47. The quantitative estimate of drug-likeness (QED) is 0.694. The first kappa shape index (κ1) is 22.0. The van der Waals surface area contributed by atoms with Crippen LogP contribution in [0.4, 0.5) is 13.6 Å². The van der Waals surface area contributed by atoms with Gasteiger partial charge in [0.2, 0.25) is 0 Å². The van der Waals surface area contributed by atoms with Gasteiger partial charge < -0.3 is 15.5 Å². The topological polar surface area (TPSA) is 49.6 Å². The highest BCUT2D eigenvalue weighted by Crippen LogP contribution is 2.43. The molecule has 2 aromatic rings. The van der Waals surface area contributed by atoms with Gasteiger partial charge >= 0.3 is 6.03 Å². The number of carbonyl (C=O) groups excluding carboxylic acids is 1. The van der Waals surface area contributed by atoms with E-state index in [0.717, 1.165) is 30.5 Å². The second-order valence-electron chi connectivity index (χ2n) is 7.91. The maximum Gasteiger partial charge on any atom is 0.320 e. The van der Waals surface area contributed by atoms with Gasteiger partial charge in [-0.25, -0.2) is 13.6 Å². The van der Waals surface area contributed by atoms with Crippen molar-refractivity contribution in [1.82, 2.24) is 9.80 Å². The molecule has 2 N–H and O–H groups in total. The Bertz CT molecular complexity index is 914. The van der Waals surface area contributed by atoms with E-state index in [4.69, 9.17) is 5.73 Å². The van der Waals surface area contributed by atoms with Gasteiger partial charge in [-0.2, -0.15) is 0 Å². The number of hydrogen-bond donors (Lipinski definition) is 1.